The summed E-state index contributed by atoms with van der Waals surface area (Å²) in [6.07, 6.45) is 0. The van der Waals surface area contributed by atoms with E-state index in [4.69, 9.17) is 5.73 Å². The minimum atomic E-state index is 0.397. The molecule has 1 unspecified atom stereocenters. The second-order valence-electron chi connectivity index (χ2n) is 4.65. The van der Waals surface area contributed by atoms with Gasteiger partial charge in [-0.2, -0.15) is 0 Å². The van der Waals surface area contributed by atoms with Gasteiger partial charge in [0.05, 0.1) is 5.03 Å². The predicted molar refractivity (Wildman–Crippen MR) is 83.4 cm³/mol. The maximum Gasteiger partial charge on any atom is 0.0738 e. The molecule has 3 aromatic rings. The number of hydrogen-bond donors (Lipinski definition) is 2. The minimum absolute atomic E-state index is 0.397. The molecule has 3 heteroatoms. The largest absolute Gasteiger partial charge is 0.399 e. The average molecular weight is 268 g/mol. The van der Waals surface area contributed by atoms with E-state index in [0.29, 0.717) is 5.25 Å². The lowest BCUT2D eigenvalue weighted by molar-refractivity contribution is 1.08. The number of aromatic nitrogens is 1. The molecule has 96 valence electrons. The van der Waals surface area contributed by atoms with Crippen molar-refractivity contribution in [3.63, 3.8) is 0 Å². The van der Waals surface area contributed by atoms with Gasteiger partial charge in [-0.3, -0.25) is 0 Å². The third kappa shape index (κ3) is 2.61. The van der Waals surface area contributed by atoms with Gasteiger partial charge in [-0.25, -0.2) is 0 Å². The molecule has 0 saturated heterocycles. The van der Waals surface area contributed by atoms with Crippen LogP contribution in [0.2, 0.25) is 0 Å². The number of para-hydroxylation sites is 1. The molecule has 1 heterocycles. The summed E-state index contributed by atoms with van der Waals surface area (Å²) in [5, 5.41) is 2.86. The van der Waals surface area contributed by atoms with Crippen LogP contribution < -0.4 is 5.73 Å². The van der Waals surface area contributed by atoms with Gasteiger partial charge in [-0.1, -0.05) is 30.3 Å². The zero-order chi connectivity index (χ0) is 13.2. The number of nitrogen functional groups attached to an aromatic ring is 1. The van der Waals surface area contributed by atoms with Gasteiger partial charge in [0.15, 0.2) is 0 Å². The second-order valence-corrected chi connectivity index (χ2v) is 6.03. The van der Waals surface area contributed by atoms with Gasteiger partial charge in [0.25, 0.3) is 0 Å². The molecule has 1 atom stereocenters. The first-order chi connectivity index (χ1) is 9.22. The molecule has 0 saturated carbocycles. The lowest BCUT2D eigenvalue weighted by Crippen LogP contribution is -1.90. The van der Waals surface area contributed by atoms with E-state index in [0.717, 1.165) is 5.69 Å². The molecule has 3 rings (SSSR count). The summed E-state index contributed by atoms with van der Waals surface area (Å²) < 4.78 is 0. The Balaban J connectivity index is 1.82. The highest BCUT2D eigenvalue weighted by Gasteiger charge is 2.09. The fourth-order valence-electron chi connectivity index (χ4n) is 2.14. The van der Waals surface area contributed by atoms with Crippen molar-refractivity contribution in [3.05, 3.63) is 60.2 Å². The molecular weight excluding hydrogens is 252 g/mol. The van der Waals surface area contributed by atoms with E-state index in [9.17, 15) is 0 Å². The van der Waals surface area contributed by atoms with Gasteiger partial charge >= 0.3 is 0 Å². The lowest BCUT2D eigenvalue weighted by atomic mass is 10.1. The van der Waals surface area contributed by atoms with Crippen molar-refractivity contribution in [2.75, 3.05) is 5.73 Å². The Hall–Kier alpha value is -1.87. The van der Waals surface area contributed by atoms with Crippen molar-refractivity contribution in [3.8, 4) is 0 Å². The van der Waals surface area contributed by atoms with Crippen LogP contribution in [0.5, 0.6) is 0 Å². The molecule has 0 bridgehead atoms. The van der Waals surface area contributed by atoms with Gasteiger partial charge < -0.3 is 10.7 Å². The fraction of sp³-hybridized carbons (Fsp3) is 0.125. The number of thioether (sulfide) groups is 1. The number of nitrogens with one attached hydrogen (secondary N) is 1. The Morgan fingerprint density at radius 2 is 1.79 bits per heavy atom. The fourth-order valence-corrected chi connectivity index (χ4v) is 3.17. The standard InChI is InChI=1S/C16H16N2S/c1-11(12-6-8-14(17)9-7-12)19-16-10-13-4-2-3-5-15(13)18-16/h2-11,18H,17H2,1H3. The molecule has 0 aliphatic rings. The molecule has 2 aromatic carbocycles. The topological polar surface area (TPSA) is 41.8 Å². The van der Waals surface area contributed by atoms with Crippen LogP contribution in [0.25, 0.3) is 10.9 Å². The molecule has 0 spiro atoms. The van der Waals surface area contributed by atoms with Crippen molar-refractivity contribution < 1.29 is 0 Å². The Kier molecular flexibility index (Phi) is 3.22. The minimum Gasteiger partial charge on any atom is -0.399 e. The van der Waals surface area contributed by atoms with Crippen molar-refractivity contribution in [1.82, 2.24) is 4.98 Å². The van der Waals surface area contributed by atoms with Crippen LogP contribution >= 0.6 is 11.8 Å². The number of nitrogens with two attached hydrogens (primary N) is 1. The molecule has 2 nitrogen and oxygen atoms in total. The Labute approximate surface area is 117 Å². The van der Waals surface area contributed by atoms with E-state index in [1.807, 2.05) is 23.9 Å². The highest BCUT2D eigenvalue weighted by atomic mass is 32.2. The molecule has 0 fully saturated rings. The van der Waals surface area contributed by atoms with E-state index in [2.05, 4.69) is 54.4 Å². The van der Waals surface area contributed by atoms with E-state index in [1.54, 1.807) is 0 Å². The first-order valence-corrected chi connectivity index (χ1v) is 7.20. The van der Waals surface area contributed by atoms with E-state index in [1.165, 1.54) is 21.5 Å². The maximum atomic E-state index is 5.72. The van der Waals surface area contributed by atoms with Gasteiger partial charge in [-0.05, 0) is 36.8 Å². The molecule has 1 aromatic heterocycles. The van der Waals surface area contributed by atoms with Crippen molar-refractivity contribution >= 4 is 28.4 Å². The summed E-state index contributed by atoms with van der Waals surface area (Å²) in [5.41, 5.74) is 9.01. The number of H-pyrrole nitrogens is 1. The summed E-state index contributed by atoms with van der Waals surface area (Å²) in [4.78, 5) is 3.45. The average Bonchev–Trinajstić information content (AvgIpc) is 2.81. The highest BCUT2D eigenvalue weighted by Crippen LogP contribution is 2.35. The van der Waals surface area contributed by atoms with E-state index >= 15 is 0 Å². The van der Waals surface area contributed by atoms with Crippen LogP contribution in [-0.2, 0) is 0 Å². The van der Waals surface area contributed by atoms with Crippen LogP contribution in [0.4, 0.5) is 5.69 Å². The third-order valence-electron chi connectivity index (χ3n) is 3.21. The van der Waals surface area contributed by atoms with Crippen LogP contribution in [-0.4, -0.2) is 4.98 Å². The summed E-state index contributed by atoms with van der Waals surface area (Å²) in [5.74, 6) is 0. The molecule has 0 aliphatic carbocycles. The summed E-state index contributed by atoms with van der Waals surface area (Å²) in [7, 11) is 0. The molecule has 19 heavy (non-hydrogen) atoms. The predicted octanol–water partition coefficient (Wildman–Crippen LogP) is 4.60. The number of fused-ring (bicyclic) bond motifs is 1. The Morgan fingerprint density at radius 1 is 1.05 bits per heavy atom. The summed E-state index contributed by atoms with van der Waals surface area (Å²) >= 11 is 1.83. The normalized spacial score (nSPS) is 12.7. The van der Waals surface area contributed by atoms with Crippen LogP contribution in [0.1, 0.15) is 17.7 Å². The first kappa shape index (κ1) is 12.2. The first-order valence-electron chi connectivity index (χ1n) is 6.32. The number of benzene rings is 2. The quantitative estimate of drug-likeness (QED) is 0.538. The lowest BCUT2D eigenvalue weighted by Gasteiger charge is -2.10. The Bertz CT molecular complexity index is 652. The van der Waals surface area contributed by atoms with Gasteiger partial charge in [-0.15, -0.1) is 11.8 Å². The highest BCUT2D eigenvalue weighted by molar-refractivity contribution is 7.99. The zero-order valence-electron chi connectivity index (χ0n) is 10.8. The summed E-state index contributed by atoms with van der Waals surface area (Å²) in [6.45, 7) is 2.21. The molecular formula is C16H16N2S. The van der Waals surface area contributed by atoms with Gasteiger partial charge in [0.2, 0.25) is 0 Å². The van der Waals surface area contributed by atoms with Crippen LogP contribution in [0, 0.1) is 0 Å². The number of hydrogen-bond acceptors (Lipinski definition) is 2. The van der Waals surface area contributed by atoms with E-state index in [-0.39, 0.29) is 0 Å². The smallest absolute Gasteiger partial charge is 0.0738 e. The molecule has 0 aliphatic heterocycles. The van der Waals surface area contributed by atoms with Crippen molar-refractivity contribution in [2.45, 2.75) is 17.2 Å². The SMILES string of the molecule is CC(Sc1cc2ccccc2[nH]1)c1ccc(N)cc1. The summed E-state index contributed by atoms with van der Waals surface area (Å²) in [6, 6.07) is 18.6. The number of anilines is 1. The third-order valence-corrected chi connectivity index (χ3v) is 4.31. The zero-order valence-corrected chi connectivity index (χ0v) is 11.6. The monoisotopic (exact) mass is 268 g/mol. The maximum absolute atomic E-state index is 5.72. The number of aromatic amines is 1. The van der Waals surface area contributed by atoms with Gasteiger partial charge in [0.1, 0.15) is 0 Å². The Morgan fingerprint density at radius 3 is 2.53 bits per heavy atom. The van der Waals surface area contributed by atoms with Crippen molar-refractivity contribution in [1.29, 1.82) is 0 Å². The van der Waals surface area contributed by atoms with Crippen LogP contribution in [0.3, 0.4) is 0 Å². The molecule has 3 N–H and O–H groups in total. The van der Waals surface area contributed by atoms with Crippen molar-refractivity contribution in [2.24, 2.45) is 0 Å². The van der Waals surface area contributed by atoms with Crippen LogP contribution in [0.15, 0.2) is 59.6 Å². The molecule has 0 amide bonds. The second kappa shape index (κ2) is 5.02. The number of rotatable bonds is 3. The van der Waals surface area contributed by atoms with E-state index < -0.39 is 0 Å². The van der Waals surface area contributed by atoms with Gasteiger partial charge in [0, 0.05) is 21.8 Å². The molecule has 0 radical (unpaired) electrons.